The van der Waals surface area contributed by atoms with Gasteiger partial charge in [-0.25, -0.2) is 9.18 Å². The van der Waals surface area contributed by atoms with Gasteiger partial charge in [-0.15, -0.1) is 0 Å². The van der Waals surface area contributed by atoms with Crippen molar-refractivity contribution in [2.45, 2.75) is 6.92 Å². The summed E-state index contributed by atoms with van der Waals surface area (Å²) < 4.78 is 17.6. The zero-order chi connectivity index (χ0) is 10.0. The van der Waals surface area contributed by atoms with Gasteiger partial charge in [0, 0.05) is 5.56 Å². The number of esters is 1. The molecule has 0 bridgehead atoms. The number of aromatic hydroxyl groups is 1. The molecule has 70 valence electrons. The average Bonchev–Trinajstić information content (AvgIpc) is 2.13. The first-order chi connectivity index (χ1) is 6.07. The van der Waals surface area contributed by atoms with Crippen molar-refractivity contribution in [3.05, 3.63) is 29.1 Å². The van der Waals surface area contributed by atoms with Crippen LogP contribution in [0.4, 0.5) is 4.39 Å². The lowest BCUT2D eigenvalue weighted by Gasteiger charge is -2.04. The van der Waals surface area contributed by atoms with Crippen molar-refractivity contribution in [3.63, 3.8) is 0 Å². The van der Waals surface area contributed by atoms with Crippen LogP contribution >= 0.6 is 0 Å². The van der Waals surface area contributed by atoms with Crippen molar-refractivity contribution in [1.82, 2.24) is 0 Å². The molecule has 0 saturated carbocycles. The fourth-order valence-corrected chi connectivity index (χ4v) is 0.942. The molecule has 0 aliphatic heterocycles. The molecule has 13 heavy (non-hydrogen) atoms. The third-order valence-corrected chi connectivity index (χ3v) is 1.76. The molecule has 0 fully saturated rings. The van der Waals surface area contributed by atoms with E-state index < -0.39 is 11.8 Å². The topological polar surface area (TPSA) is 46.5 Å². The lowest BCUT2D eigenvalue weighted by molar-refractivity contribution is 0.0595. The molecule has 0 aromatic heterocycles. The summed E-state index contributed by atoms with van der Waals surface area (Å²) in [7, 11) is 1.17. The van der Waals surface area contributed by atoms with Gasteiger partial charge in [-0.3, -0.25) is 0 Å². The molecule has 0 spiro atoms. The first kappa shape index (κ1) is 9.51. The van der Waals surface area contributed by atoms with Crippen molar-refractivity contribution in [1.29, 1.82) is 0 Å². The van der Waals surface area contributed by atoms with Gasteiger partial charge in [0.1, 0.15) is 11.6 Å². The molecule has 3 nitrogen and oxygen atoms in total. The quantitative estimate of drug-likeness (QED) is 0.674. The normalized spacial score (nSPS) is 9.77. The van der Waals surface area contributed by atoms with Crippen molar-refractivity contribution >= 4 is 5.97 Å². The summed E-state index contributed by atoms with van der Waals surface area (Å²) in [5.41, 5.74) is -0.124. The van der Waals surface area contributed by atoms with E-state index in [1.807, 2.05) is 0 Å². The molecule has 1 rings (SSSR count). The molecule has 0 aliphatic rings. The molecule has 1 aromatic carbocycles. The number of benzene rings is 1. The van der Waals surface area contributed by atoms with Gasteiger partial charge < -0.3 is 9.84 Å². The minimum absolute atomic E-state index is 0.0444. The maximum absolute atomic E-state index is 13.2. The number of methoxy groups -OCH3 is 1. The van der Waals surface area contributed by atoms with E-state index in [-0.39, 0.29) is 16.9 Å². The van der Waals surface area contributed by atoms with Gasteiger partial charge in [0.05, 0.1) is 12.7 Å². The summed E-state index contributed by atoms with van der Waals surface area (Å²) in [5, 5.41) is 9.09. The Bertz CT molecular complexity index is 347. The summed E-state index contributed by atoms with van der Waals surface area (Å²) >= 11 is 0. The van der Waals surface area contributed by atoms with Gasteiger partial charge in [-0.2, -0.15) is 0 Å². The Hall–Kier alpha value is -1.58. The molecule has 1 N–H and O–H groups in total. The Morgan fingerprint density at radius 2 is 2.15 bits per heavy atom. The lowest BCUT2D eigenvalue weighted by atomic mass is 10.1. The van der Waals surface area contributed by atoms with Gasteiger partial charge in [0.25, 0.3) is 0 Å². The predicted octanol–water partition coefficient (Wildman–Crippen LogP) is 1.63. The van der Waals surface area contributed by atoms with Crippen LogP contribution in [0, 0.1) is 12.7 Å². The van der Waals surface area contributed by atoms with Gasteiger partial charge >= 0.3 is 5.97 Å². The maximum atomic E-state index is 13.2. The number of hydrogen-bond acceptors (Lipinski definition) is 3. The summed E-state index contributed by atoms with van der Waals surface area (Å²) in [6.45, 7) is 1.39. The number of halogens is 1. The lowest BCUT2D eigenvalue weighted by Crippen LogP contribution is -2.05. The molecule has 0 amide bonds. The largest absolute Gasteiger partial charge is 0.508 e. The van der Waals surface area contributed by atoms with Crippen LogP contribution in [-0.2, 0) is 4.74 Å². The van der Waals surface area contributed by atoms with Crippen molar-refractivity contribution in [2.24, 2.45) is 0 Å². The van der Waals surface area contributed by atoms with Crippen molar-refractivity contribution in [3.8, 4) is 5.75 Å². The minimum atomic E-state index is -0.749. The fraction of sp³-hybridized carbons (Fsp3) is 0.222. The third-order valence-electron chi connectivity index (χ3n) is 1.76. The summed E-state index contributed by atoms with van der Waals surface area (Å²) in [4.78, 5) is 11.0. The molecule has 0 unspecified atom stereocenters. The number of phenols is 1. The molecule has 0 heterocycles. The van der Waals surface area contributed by atoms with E-state index in [1.165, 1.54) is 26.2 Å². The molecule has 0 aliphatic carbocycles. The van der Waals surface area contributed by atoms with Crippen LogP contribution < -0.4 is 0 Å². The highest BCUT2D eigenvalue weighted by Crippen LogP contribution is 2.22. The highest BCUT2D eigenvalue weighted by atomic mass is 19.1. The average molecular weight is 184 g/mol. The Kier molecular flexibility index (Phi) is 2.51. The van der Waals surface area contributed by atoms with Gasteiger partial charge in [-0.05, 0) is 19.1 Å². The zero-order valence-electron chi connectivity index (χ0n) is 7.30. The monoisotopic (exact) mass is 184 g/mol. The number of carbonyl (C=O) groups is 1. The number of hydrogen-bond donors (Lipinski definition) is 1. The third kappa shape index (κ3) is 1.61. The second-order valence-corrected chi connectivity index (χ2v) is 2.56. The first-order valence-corrected chi connectivity index (χ1v) is 3.64. The van der Waals surface area contributed by atoms with E-state index in [0.29, 0.717) is 0 Å². The molecule has 4 heteroatoms. The maximum Gasteiger partial charge on any atom is 0.340 e. The fourth-order valence-electron chi connectivity index (χ4n) is 0.942. The molecule has 0 radical (unpaired) electrons. The van der Waals surface area contributed by atoms with E-state index in [0.717, 1.165) is 0 Å². The molecule has 0 atom stereocenters. The van der Waals surface area contributed by atoms with E-state index >= 15 is 0 Å². The van der Waals surface area contributed by atoms with Gasteiger partial charge in [-0.1, -0.05) is 0 Å². The number of phenolic OH excluding ortho intramolecular Hbond substituents is 1. The smallest absolute Gasteiger partial charge is 0.340 e. The van der Waals surface area contributed by atoms with Crippen LogP contribution in [0.5, 0.6) is 5.75 Å². The van der Waals surface area contributed by atoms with Crippen LogP contribution in [0.15, 0.2) is 12.1 Å². The van der Waals surface area contributed by atoms with Crippen LogP contribution in [0.3, 0.4) is 0 Å². The van der Waals surface area contributed by atoms with E-state index in [4.69, 9.17) is 5.11 Å². The van der Waals surface area contributed by atoms with Gasteiger partial charge in [0.2, 0.25) is 0 Å². The van der Waals surface area contributed by atoms with Crippen LogP contribution in [-0.4, -0.2) is 18.2 Å². The second kappa shape index (κ2) is 3.43. The van der Waals surface area contributed by atoms with Crippen molar-refractivity contribution in [2.75, 3.05) is 7.11 Å². The second-order valence-electron chi connectivity index (χ2n) is 2.56. The predicted molar refractivity (Wildman–Crippen MR) is 44.1 cm³/mol. The Labute approximate surface area is 74.8 Å². The summed E-state index contributed by atoms with van der Waals surface area (Å²) in [6.07, 6.45) is 0. The highest BCUT2D eigenvalue weighted by Gasteiger charge is 2.15. The summed E-state index contributed by atoms with van der Waals surface area (Å²) in [6, 6.07) is 2.44. The van der Waals surface area contributed by atoms with Gasteiger partial charge in [0.15, 0.2) is 0 Å². The molecule has 0 saturated heterocycles. The van der Waals surface area contributed by atoms with E-state index in [2.05, 4.69) is 4.74 Å². The Morgan fingerprint density at radius 3 is 2.69 bits per heavy atom. The number of rotatable bonds is 1. The molecular formula is C9H9FO3. The molecular weight excluding hydrogens is 175 g/mol. The minimum Gasteiger partial charge on any atom is -0.508 e. The Balaban J connectivity index is 3.26. The first-order valence-electron chi connectivity index (χ1n) is 3.64. The summed E-state index contributed by atoms with van der Waals surface area (Å²) in [5.74, 6) is -1.67. The standard InChI is InChI=1S/C9H9FO3/c1-5-7(11)4-3-6(8(5)10)9(12)13-2/h3-4,11H,1-2H3. The number of ether oxygens (including phenoxy) is 1. The zero-order valence-corrected chi connectivity index (χ0v) is 7.30. The number of carbonyl (C=O) groups excluding carboxylic acids is 1. The van der Waals surface area contributed by atoms with Crippen LogP contribution in [0.1, 0.15) is 15.9 Å². The van der Waals surface area contributed by atoms with E-state index in [9.17, 15) is 9.18 Å². The van der Waals surface area contributed by atoms with Crippen molar-refractivity contribution < 1.29 is 19.0 Å². The Morgan fingerprint density at radius 1 is 1.54 bits per heavy atom. The molecule has 1 aromatic rings. The van der Waals surface area contributed by atoms with Crippen LogP contribution in [0.25, 0.3) is 0 Å². The SMILES string of the molecule is COC(=O)c1ccc(O)c(C)c1F. The van der Waals surface area contributed by atoms with E-state index in [1.54, 1.807) is 0 Å². The van der Waals surface area contributed by atoms with Crippen LogP contribution in [0.2, 0.25) is 0 Å². The highest BCUT2D eigenvalue weighted by molar-refractivity contribution is 5.90.